The summed E-state index contributed by atoms with van der Waals surface area (Å²) in [4.78, 5) is 18.6. The van der Waals surface area contributed by atoms with Crippen LogP contribution in [0.4, 0.5) is 5.13 Å². The summed E-state index contributed by atoms with van der Waals surface area (Å²) in [6.07, 6.45) is 0. The first-order valence-corrected chi connectivity index (χ1v) is 7.62. The van der Waals surface area contributed by atoms with E-state index in [1.165, 1.54) is 16.9 Å². The molecule has 2 aromatic rings. The molecule has 2 heterocycles. The van der Waals surface area contributed by atoms with E-state index < -0.39 is 0 Å². The Labute approximate surface area is 122 Å². The summed E-state index contributed by atoms with van der Waals surface area (Å²) < 4.78 is 1.11. The van der Waals surface area contributed by atoms with Crippen LogP contribution in [0.5, 0.6) is 0 Å². The molecular weight excluding hydrogens is 272 g/mol. The van der Waals surface area contributed by atoms with Crippen LogP contribution in [0.25, 0.3) is 10.2 Å². The van der Waals surface area contributed by atoms with Gasteiger partial charge in [0.05, 0.1) is 16.8 Å². The van der Waals surface area contributed by atoms with Crippen LogP contribution in [-0.2, 0) is 4.79 Å². The predicted octanol–water partition coefficient (Wildman–Crippen LogP) is 1.45. The third kappa shape index (κ3) is 3.15. The van der Waals surface area contributed by atoms with Crippen molar-refractivity contribution in [1.29, 1.82) is 0 Å². The molecule has 0 radical (unpaired) electrons. The highest BCUT2D eigenvalue weighted by molar-refractivity contribution is 7.22. The topological polar surface area (TPSA) is 57.3 Å². The summed E-state index contributed by atoms with van der Waals surface area (Å²) in [6.45, 7) is 6.25. The zero-order chi connectivity index (χ0) is 13.9. The molecule has 3 rings (SSSR count). The van der Waals surface area contributed by atoms with Gasteiger partial charge in [-0.3, -0.25) is 9.69 Å². The highest BCUT2D eigenvalue weighted by atomic mass is 32.1. The van der Waals surface area contributed by atoms with E-state index >= 15 is 0 Å². The van der Waals surface area contributed by atoms with Crippen molar-refractivity contribution in [3.63, 3.8) is 0 Å². The second-order valence-electron chi connectivity index (χ2n) is 5.06. The van der Waals surface area contributed by atoms with Crippen LogP contribution < -0.4 is 10.6 Å². The highest BCUT2D eigenvalue weighted by Gasteiger charge is 2.14. The average molecular weight is 290 g/mol. The van der Waals surface area contributed by atoms with Crippen molar-refractivity contribution >= 4 is 32.6 Å². The Morgan fingerprint density at radius 1 is 1.45 bits per heavy atom. The minimum atomic E-state index is 0.0164. The van der Waals surface area contributed by atoms with Crippen LogP contribution in [-0.4, -0.2) is 48.5 Å². The quantitative estimate of drug-likeness (QED) is 0.898. The fraction of sp³-hybridized carbons (Fsp3) is 0.429. The lowest BCUT2D eigenvalue weighted by atomic mass is 10.2. The zero-order valence-electron chi connectivity index (χ0n) is 11.5. The van der Waals surface area contributed by atoms with E-state index in [9.17, 15) is 4.79 Å². The number of fused-ring (bicyclic) bond motifs is 1. The molecule has 6 heteroatoms. The lowest BCUT2D eigenvalue weighted by molar-refractivity contribution is -0.117. The summed E-state index contributed by atoms with van der Waals surface area (Å²) in [5.74, 6) is 0.0164. The van der Waals surface area contributed by atoms with E-state index in [1.807, 2.05) is 12.1 Å². The molecule has 1 fully saturated rings. The summed E-state index contributed by atoms with van der Waals surface area (Å²) in [5.41, 5.74) is 2.15. The normalized spacial score (nSPS) is 16.4. The smallest absolute Gasteiger partial charge is 0.240 e. The van der Waals surface area contributed by atoms with Crippen molar-refractivity contribution < 1.29 is 4.79 Å². The van der Waals surface area contributed by atoms with Crippen LogP contribution >= 0.6 is 11.3 Å². The number of hydrogen-bond acceptors (Lipinski definition) is 5. The summed E-state index contributed by atoms with van der Waals surface area (Å²) >= 11 is 1.53. The average Bonchev–Trinajstić information content (AvgIpc) is 2.80. The van der Waals surface area contributed by atoms with Gasteiger partial charge in [-0.05, 0) is 24.6 Å². The van der Waals surface area contributed by atoms with Gasteiger partial charge in [-0.25, -0.2) is 4.98 Å². The first-order valence-electron chi connectivity index (χ1n) is 6.81. The van der Waals surface area contributed by atoms with Gasteiger partial charge in [0.25, 0.3) is 0 Å². The molecular formula is C14H18N4OS. The molecule has 1 aromatic carbocycles. The lowest BCUT2D eigenvalue weighted by Gasteiger charge is -2.26. The molecule has 0 bridgehead atoms. The Bertz CT molecular complexity index is 619. The van der Waals surface area contributed by atoms with Crippen LogP contribution in [0, 0.1) is 6.92 Å². The van der Waals surface area contributed by atoms with Crippen molar-refractivity contribution in [3.05, 3.63) is 23.8 Å². The van der Waals surface area contributed by atoms with Crippen molar-refractivity contribution in [3.8, 4) is 0 Å². The Morgan fingerprint density at radius 3 is 3.05 bits per heavy atom. The molecule has 20 heavy (non-hydrogen) atoms. The largest absolute Gasteiger partial charge is 0.314 e. The Balaban J connectivity index is 1.64. The summed E-state index contributed by atoms with van der Waals surface area (Å²) in [5, 5.41) is 6.87. The van der Waals surface area contributed by atoms with Gasteiger partial charge in [-0.1, -0.05) is 17.4 Å². The second kappa shape index (κ2) is 5.87. The molecule has 106 valence electrons. The molecule has 1 amide bonds. The maximum Gasteiger partial charge on any atom is 0.240 e. The molecule has 1 aliphatic heterocycles. The monoisotopic (exact) mass is 290 g/mol. The number of aromatic nitrogens is 1. The molecule has 1 aliphatic rings. The number of hydrogen-bond donors (Lipinski definition) is 2. The van der Waals surface area contributed by atoms with Gasteiger partial charge in [-0.2, -0.15) is 0 Å². The zero-order valence-corrected chi connectivity index (χ0v) is 12.3. The first-order chi connectivity index (χ1) is 9.70. The number of benzene rings is 1. The van der Waals surface area contributed by atoms with E-state index in [0.717, 1.165) is 36.4 Å². The van der Waals surface area contributed by atoms with Gasteiger partial charge in [0.2, 0.25) is 5.91 Å². The third-order valence-electron chi connectivity index (χ3n) is 3.37. The number of thiazole rings is 1. The number of amides is 1. The van der Waals surface area contributed by atoms with E-state index in [0.29, 0.717) is 11.7 Å². The minimum absolute atomic E-state index is 0.0164. The Morgan fingerprint density at radius 2 is 2.25 bits per heavy atom. The van der Waals surface area contributed by atoms with Crippen LogP contribution in [0.1, 0.15) is 5.56 Å². The Hall–Kier alpha value is -1.50. The molecule has 5 nitrogen and oxygen atoms in total. The number of piperazine rings is 1. The van der Waals surface area contributed by atoms with Crippen molar-refractivity contribution in [2.24, 2.45) is 0 Å². The molecule has 0 atom stereocenters. The molecule has 0 spiro atoms. The predicted molar refractivity (Wildman–Crippen MR) is 82.3 cm³/mol. The standard InChI is InChI=1S/C14H18N4OS/c1-10-2-3-11-12(8-10)20-14(16-11)17-13(19)9-18-6-4-15-5-7-18/h2-3,8,15H,4-7,9H2,1H3,(H,16,17,19). The fourth-order valence-corrected chi connectivity index (χ4v) is 3.30. The number of aryl methyl sites for hydroxylation is 1. The number of carbonyl (C=O) groups is 1. The fourth-order valence-electron chi connectivity index (χ4n) is 2.32. The van der Waals surface area contributed by atoms with Crippen LogP contribution in [0.15, 0.2) is 18.2 Å². The maximum atomic E-state index is 12.0. The van der Waals surface area contributed by atoms with E-state index in [-0.39, 0.29) is 5.91 Å². The Kier molecular flexibility index (Phi) is 3.95. The van der Waals surface area contributed by atoms with Crippen LogP contribution in [0.2, 0.25) is 0 Å². The van der Waals surface area contributed by atoms with Gasteiger partial charge in [0.1, 0.15) is 0 Å². The maximum absolute atomic E-state index is 12.0. The van der Waals surface area contributed by atoms with Crippen molar-refractivity contribution in [1.82, 2.24) is 15.2 Å². The van der Waals surface area contributed by atoms with E-state index in [2.05, 4.69) is 33.5 Å². The second-order valence-corrected chi connectivity index (χ2v) is 6.10. The summed E-state index contributed by atoms with van der Waals surface area (Å²) in [7, 11) is 0. The SMILES string of the molecule is Cc1ccc2nc(NC(=O)CN3CCNCC3)sc2c1. The number of nitrogens with zero attached hydrogens (tertiary/aromatic N) is 2. The molecule has 2 N–H and O–H groups in total. The van der Waals surface area contributed by atoms with Gasteiger partial charge >= 0.3 is 0 Å². The third-order valence-corrected chi connectivity index (χ3v) is 4.30. The highest BCUT2D eigenvalue weighted by Crippen LogP contribution is 2.26. The molecule has 0 unspecified atom stereocenters. The van der Waals surface area contributed by atoms with E-state index in [4.69, 9.17) is 0 Å². The number of anilines is 1. The van der Waals surface area contributed by atoms with Gasteiger partial charge in [-0.15, -0.1) is 0 Å². The first kappa shape index (κ1) is 13.5. The molecule has 0 saturated carbocycles. The van der Waals surface area contributed by atoms with Gasteiger partial charge < -0.3 is 10.6 Å². The van der Waals surface area contributed by atoms with Gasteiger partial charge in [0, 0.05) is 26.2 Å². The van der Waals surface area contributed by atoms with E-state index in [1.54, 1.807) is 0 Å². The number of rotatable bonds is 3. The van der Waals surface area contributed by atoms with Crippen molar-refractivity contribution in [2.45, 2.75) is 6.92 Å². The lowest BCUT2D eigenvalue weighted by Crippen LogP contribution is -2.46. The summed E-state index contributed by atoms with van der Waals surface area (Å²) in [6, 6.07) is 6.13. The van der Waals surface area contributed by atoms with Crippen molar-refractivity contribution in [2.75, 3.05) is 38.0 Å². The van der Waals surface area contributed by atoms with Gasteiger partial charge in [0.15, 0.2) is 5.13 Å². The number of nitrogens with one attached hydrogen (secondary N) is 2. The van der Waals surface area contributed by atoms with Crippen LogP contribution in [0.3, 0.4) is 0 Å². The molecule has 1 aromatic heterocycles. The molecule has 0 aliphatic carbocycles. The number of carbonyl (C=O) groups excluding carboxylic acids is 1. The minimum Gasteiger partial charge on any atom is -0.314 e. The molecule has 1 saturated heterocycles.